The van der Waals surface area contributed by atoms with Crippen LogP contribution in [-0.2, 0) is 6.54 Å². The molecule has 6 heteroatoms. The fraction of sp³-hybridized carbons (Fsp3) is 0.600. The zero-order valence-corrected chi connectivity index (χ0v) is 19.7. The van der Waals surface area contributed by atoms with Gasteiger partial charge < -0.3 is 14.9 Å². The minimum absolute atomic E-state index is 0.211. The van der Waals surface area contributed by atoms with Crippen LogP contribution in [0, 0.1) is 0 Å². The topological polar surface area (TPSA) is 56.7 Å². The van der Waals surface area contributed by atoms with E-state index < -0.39 is 5.97 Å². The first-order valence-corrected chi connectivity index (χ1v) is 12.6. The second kappa shape index (κ2) is 10.1. The standard InChI is InChI=1S/C25H35N3O2S/c1-27(2)17-18-11-9-10-16-21(18)23-22(24(29)30)26-25(31-23)28(19-12-5-3-6-13-19)20-14-7-4-8-15-20/h9-11,16,19-20H,3-8,12-15,17H2,1-2H3,(H,29,30). The van der Waals surface area contributed by atoms with Gasteiger partial charge in [-0.05, 0) is 50.9 Å². The van der Waals surface area contributed by atoms with Gasteiger partial charge in [-0.1, -0.05) is 74.1 Å². The summed E-state index contributed by atoms with van der Waals surface area (Å²) < 4.78 is 0. The average Bonchev–Trinajstić information content (AvgIpc) is 3.20. The van der Waals surface area contributed by atoms with Crippen molar-refractivity contribution in [2.45, 2.75) is 82.8 Å². The first kappa shape index (κ1) is 22.3. The number of nitrogens with zero attached hydrogens (tertiary/aromatic N) is 3. The van der Waals surface area contributed by atoms with Crippen molar-refractivity contribution >= 4 is 22.4 Å². The molecule has 0 atom stereocenters. The third kappa shape index (κ3) is 5.12. The Balaban J connectivity index is 1.76. The molecule has 168 valence electrons. The van der Waals surface area contributed by atoms with Crippen molar-refractivity contribution in [3.05, 3.63) is 35.5 Å². The lowest BCUT2D eigenvalue weighted by molar-refractivity contribution is 0.0692. The third-order valence-corrected chi connectivity index (χ3v) is 7.83. The minimum Gasteiger partial charge on any atom is -0.476 e. The highest BCUT2D eigenvalue weighted by atomic mass is 32.1. The number of anilines is 1. The van der Waals surface area contributed by atoms with Crippen LogP contribution in [0.3, 0.4) is 0 Å². The maximum atomic E-state index is 12.2. The quantitative estimate of drug-likeness (QED) is 0.567. The first-order chi connectivity index (χ1) is 15.0. The van der Waals surface area contributed by atoms with Crippen LogP contribution in [0.2, 0.25) is 0 Å². The van der Waals surface area contributed by atoms with Gasteiger partial charge in [0.1, 0.15) is 0 Å². The molecule has 2 fully saturated rings. The fourth-order valence-electron chi connectivity index (χ4n) is 5.30. The van der Waals surface area contributed by atoms with Crippen LogP contribution in [0.4, 0.5) is 5.13 Å². The molecule has 2 aliphatic rings. The SMILES string of the molecule is CN(C)Cc1ccccc1-c1sc(N(C2CCCCC2)C2CCCCC2)nc1C(=O)O. The largest absolute Gasteiger partial charge is 0.476 e. The van der Waals surface area contributed by atoms with Crippen molar-refractivity contribution in [3.63, 3.8) is 0 Å². The predicted molar refractivity (Wildman–Crippen MR) is 128 cm³/mol. The maximum Gasteiger partial charge on any atom is 0.356 e. The van der Waals surface area contributed by atoms with Gasteiger partial charge in [-0.3, -0.25) is 0 Å². The average molecular weight is 442 g/mol. The zero-order chi connectivity index (χ0) is 21.8. The Morgan fingerprint density at radius 2 is 1.58 bits per heavy atom. The monoisotopic (exact) mass is 441 g/mol. The summed E-state index contributed by atoms with van der Waals surface area (Å²) in [6.45, 7) is 0.775. The minimum atomic E-state index is -0.926. The lowest BCUT2D eigenvalue weighted by Crippen LogP contribution is -2.45. The Bertz CT molecular complexity index is 865. The zero-order valence-electron chi connectivity index (χ0n) is 18.8. The van der Waals surface area contributed by atoms with E-state index in [1.807, 2.05) is 32.3 Å². The van der Waals surface area contributed by atoms with E-state index in [9.17, 15) is 9.90 Å². The van der Waals surface area contributed by atoms with Gasteiger partial charge in [-0.15, -0.1) is 0 Å². The number of carboxylic acid groups (broad SMARTS) is 1. The van der Waals surface area contributed by atoms with Crippen molar-refractivity contribution in [3.8, 4) is 10.4 Å². The number of carbonyl (C=O) groups is 1. The lowest BCUT2D eigenvalue weighted by atomic mass is 9.89. The summed E-state index contributed by atoms with van der Waals surface area (Å²) in [6, 6.07) is 9.17. The molecule has 2 aliphatic carbocycles. The van der Waals surface area contributed by atoms with Gasteiger partial charge in [-0.2, -0.15) is 0 Å². The number of rotatable bonds is 7. The normalized spacial score (nSPS) is 18.4. The number of carboxylic acids is 1. The molecular weight excluding hydrogens is 406 g/mol. The molecule has 0 unspecified atom stereocenters. The van der Waals surface area contributed by atoms with Crippen molar-refractivity contribution in [1.82, 2.24) is 9.88 Å². The molecule has 1 N–H and O–H groups in total. The Kier molecular flexibility index (Phi) is 7.28. The Morgan fingerprint density at radius 1 is 1.00 bits per heavy atom. The smallest absolute Gasteiger partial charge is 0.356 e. The van der Waals surface area contributed by atoms with Crippen LogP contribution in [0.25, 0.3) is 10.4 Å². The molecule has 2 aromatic rings. The van der Waals surface area contributed by atoms with Gasteiger partial charge in [0.05, 0.1) is 4.88 Å². The molecule has 1 aromatic carbocycles. The van der Waals surface area contributed by atoms with E-state index in [2.05, 4.69) is 15.9 Å². The van der Waals surface area contributed by atoms with E-state index in [-0.39, 0.29) is 5.69 Å². The molecule has 0 aliphatic heterocycles. The number of thiazole rings is 1. The van der Waals surface area contributed by atoms with E-state index in [1.54, 1.807) is 11.3 Å². The molecule has 1 aromatic heterocycles. The van der Waals surface area contributed by atoms with Crippen LogP contribution in [0.5, 0.6) is 0 Å². The van der Waals surface area contributed by atoms with Crippen molar-refractivity contribution in [1.29, 1.82) is 0 Å². The van der Waals surface area contributed by atoms with Crippen molar-refractivity contribution < 1.29 is 9.90 Å². The predicted octanol–water partition coefficient (Wildman–Crippen LogP) is 6.04. The summed E-state index contributed by atoms with van der Waals surface area (Å²) >= 11 is 1.59. The Morgan fingerprint density at radius 3 is 2.13 bits per heavy atom. The van der Waals surface area contributed by atoms with Gasteiger partial charge in [0, 0.05) is 18.6 Å². The fourth-order valence-corrected chi connectivity index (χ4v) is 6.56. The molecule has 0 saturated heterocycles. The molecule has 2 saturated carbocycles. The highest BCUT2D eigenvalue weighted by Crippen LogP contribution is 2.41. The van der Waals surface area contributed by atoms with E-state index in [1.165, 1.54) is 64.2 Å². The number of hydrogen-bond donors (Lipinski definition) is 1. The number of hydrogen-bond acceptors (Lipinski definition) is 5. The van der Waals surface area contributed by atoms with Crippen molar-refractivity contribution in [2.24, 2.45) is 0 Å². The second-order valence-corrected chi connectivity index (χ2v) is 10.3. The summed E-state index contributed by atoms with van der Waals surface area (Å²) in [5.41, 5.74) is 2.36. The van der Waals surface area contributed by atoms with Crippen LogP contribution in [0.1, 0.15) is 80.3 Å². The molecule has 1 heterocycles. The third-order valence-electron chi connectivity index (χ3n) is 6.72. The summed E-state index contributed by atoms with van der Waals surface area (Å²) in [5, 5.41) is 11.0. The second-order valence-electron chi connectivity index (χ2n) is 9.37. The number of aromatic nitrogens is 1. The summed E-state index contributed by atoms with van der Waals surface area (Å²) in [4.78, 5) is 22.5. The molecule has 5 nitrogen and oxygen atoms in total. The van der Waals surface area contributed by atoms with E-state index in [0.717, 1.165) is 27.7 Å². The summed E-state index contributed by atoms with van der Waals surface area (Å²) in [5.74, 6) is -0.926. The highest BCUT2D eigenvalue weighted by Gasteiger charge is 2.33. The molecule has 0 radical (unpaired) electrons. The molecule has 4 rings (SSSR count). The molecule has 31 heavy (non-hydrogen) atoms. The maximum absolute atomic E-state index is 12.2. The number of benzene rings is 1. The molecule has 0 bridgehead atoms. The number of aromatic carboxylic acids is 1. The van der Waals surface area contributed by atoms with Gasteiger partial charge in [-0.25, -0.2) is 9.78 Å². The van der Waals surface area contributed by atoms with Crippen LogP contribution >= 0.6 is 11.3 Å². The van der Waals surface area contributed by atoms with Crippen LogP contribution < -0.4 is 4.90 Å². The van der Waals surface area contributed by atoms with Gasteiger partial charge in [0.25, 0.3) is 0 Å². The molecule has 0 amide bonds. The van der Waals surface area contributed by atoms with E-state index in [4.69, 9.17) is 4.98 Å². The summed E-state index contributed by atoms with van der Waals surface area (Å²) in [7, 11) is 4.09. The van der Waals surface area contributed by atoms with Crippen LogP contribution in [0.15, 0.2) is 24.3 Å². The first-order valence-electron chi connectivity index (χ1n) is 11.8. The molecule has 0 spiro atoms. The van der Waals surface area contributed by atoms with E-state index in [0.29, 0.717) is 12.1 Å². The highest BCUT2D eigenvalue weighted by molar-refractivity contribution is 7.19. The van der Waals surface area contributed by atoms with Gasteiger partial charge in [0.2, 0.25) is 0 Å². The Hall–Kier alpha value is -1.92. The Labute approximate surface area is 190 Å². The van der Waals surface area contributed by atoms with Gasteiger partial charge in [0.15, 0.2) is 10.8 Å². The summed E-state index contributed by atoms with van der Waals surface area (Å²) in [6.07, 6.45) is 12.5. The van der Waals surface area contributed by atoms with Crippen molar-refractivity contribution in [2.75, 3.05) is 19.0 Å². The van der Waals surface area contributed by atoms with Gasteiger partial charge >= 0.3 is 5.97 Å². The van der Waals surface area contributed by atoms with E-state index >= 15 is 0 Å². The lowest BCUT2D eigenvalue weighted by Gasteiger charge is -2.41. The molecular formula is C25H35N3O2S. The van der Waals surface area contributed by atoms with Crippen LogP contribution in [-0.4, -0.2) is 47.1 Å².